The summed E-state index contributed by atoms with van der Waals surface area (Å²) in [5.74, 6) is 0.581. The molecule has 4 heteroatoms. The van der Waals surface area contributed by atoms with Crippen LogP contribution in [-0.4, -0.2) is 23.9 Å². The van der Waals surface area contributed by atoms with Gasteiger partial charge in [0.15, 0.2) is 0 Å². The molecule has 3 nitrogen and oxygen atoms in total. The van der Waals surface area contributed by atoms with Gasteiger partial charge in [0, 0.05) is 23.7 Å². The quantitative estimate of drug-likeness (QED) is 0.844. The number of halogens is 1. The normalized spacial score (nSPS) is 10.5. The maximum atomic E-state index is 12.4. The van der Waals surface area contributed by atoms with Crippen LogP contribution in [0, 0.1) is 0 Å². The van der Waals surface area contributed by atoms with E-state index in [0.717, 1.165) is 5.56 Å². The lowest BCUT2D eigenvalue weighted by Crippen LogP contribution is -2.30. The molecule has 1 aromatic carbocycles. The summed E-state index contributed by atoms with van der Waals surface area (Å²) < 4.78 is 5.46. The fraction of sp³-hybridized carbons (Fsp3) is 0.267. The van der Waals surface area contributed by atoms with Gasteiger partial charge in [0.25, 0.3) is 5.91 Å². The number of carbonyl (C=O) groups excluding carboxylic acids is 1. The third kappa shape index (κ3) is 2.82. The molecule has 0 aliphatic rings. The average molecular weight is 278 g/mol. The van der Waals surface area contributed by atoms with E-state index in [9.17, 15) is 4.79 Å². The van der Waals surface area contributed by atoms with Crippen LogP contribution in [0.5, 0.6) is 0 Å². The average Bonchev–Trinajstić information content (AvgIpc) is 2.90. The smallest absolute Gasteiger partial charge is 0.257 e. The number of amides is 1. The predicted octanol–water partition coefficient (Wildman–Crippen LogP) is 4.08. The summed E-state index contributed by atoms with van der Waals surface area (Å²) in [5, 5.41) is 0.659. The Hall–Kier alpha value is -1.74. The molecular formula is C15H16ClNO2. The molecule has 2 rings (SSSR count). The molecule has 0 saturated heterocycles. The number of rotatable bonds is 4. The molecule has 1 amide bonds. The molecule has 0 aliphatic heterocycles. The summed E-state index contributed by atoms with van der Waals surface area (Å²) in [6, 6.07) is 8.97. The molecule has 2 aromatic rings. The van der Waals surface area contributed by atoms with E-state index in [1.807, 2.05) is 26.0 Å². The molecular weight excluding hydrogens is 262 g/mol. The van der Waals surface area contributed by atoms with Gasteiger partial charge in [-0.1, -0.05) is 11.6 Å². The van der Waals surface area contributed by atoms with E-state index in [0.29, 0.717) is 29.4 Å². The Balaban J connectivity index is 2.37. The Labute approximate surface area is 117 Å². The molecule has 0 spiro atoms. The Morgan fingerprint density at radius 2 is 1.79 bits per heavy atom. The topological polar surface area (TPSA) is 33.5 Å². The van der Waals surface area contributed by atoms with Gasteiger partial charge in [-0.25, -0.2) is 0 Å². The Morgan fingerprint density at radius 1 is 1.16 bits per heavy atom. The Bertz CT molecular complexity index is 556. The van der Waals surface area contributed by atoms with Crippen molar-refractivity contribution in [1.82, 2.24) is 4.90 Å². The number of carbonyl (C=O) groups is 1. The maximum Gasteiger partial charge on any atom is 0.257 e. The highest BCUT2D eigenvalue weighted by molar-refractivity contribution is 6.30. The highest BCUT2D eigenvalue weighted by Crippen LogP contribution is 2.27. The van der Waals surface area contributed by atoms with E-state index in [1.54, 1.807) is 29.4 Å². The van der Waals surface area contributed by atoms with Crippen molar-refractivity contribution >= 4 is 17.5 Å². The minimum absolute atomic E-state index is 0.0105. The van der Waals surface area contributed by atoms with Gasteiger partial charge in [-0.3, -0.25) is 4.79 Å². The lowest BCUT2D eigenvalue weighted by atomic mass is 10.1. The van der Waals surface area contributed by atoms with Crippen LogP contribution in [0.4, 0.5) is 0 Å². The van der Waals surface area contributed by atoms with Crippen LogP contribution in [0.25, 0.3) is 11.3 Å². The maximum absolute atomic E-state index is 12.4. The molecule has 0 bridgehead atoms. The monoisotopic (exact) mass is 277 g/mol. The van der Waals surface area contributed by atoms with Gasteiger partial charge in [-0.2, -0.15) is 0 Å². The van der Waals surface area contributed by atoms with Gasteiger partial charge in [0.05, 0.1) is 11.8 Å². The minimum Gasteiger partial charge on any atom is -0.464 e. The summed E-state index contributed by atoms with van der Waals surface area (Å²) in [5.41, 5.74) is 1.44. The summed E-state index contributed by atoms with van der Waals surface area (Å²) >= 11 is 5.86. The number of nitrogens with zero attached hydrogens (tertiary/aromatic N) is 1. The van der Waals surface area contributed by atoms with Crippen molar-refractivity contribution in [2.24, 2.45) is 0 Å². The Morgan fingerprint density at radius 3 is 2.37 bits per heavy atom. The van der Waals surface area contributed by atoms with E-state index in [1.165, 1.54) is 0 Å². The summed E-state index contributed by atoms with van der Waals surface area (Å²) in [7, 11) is 0. The van der Waals surface area contributed by atoms with Crippen molar-refractivity contribution in [3.63, 3.8) is 0 Å². The van der Waals surface area contributed by atoms with Crippen LogP contribution < -0.4 is 0 Å². The molecule has 19 heavy (non-hydrogen) atoms. The number of hydrogen-bond donors (Lipinski definition) is 0. The third-order valence-electron chi connectivity index (χ3n) is 3.05. The summed E-state index contributed by atoms with van der Waals surface area (Å²) in [6.45, 7) is 5.29. The first kappa shape index (κ1) is 13.7. The summed E-state index contributed by atoms with van der Waals surface area (Å²) in [6.07, 6.45) is 1.54. The molecule has 1 aromatic heterocycles. The van der Waals surface area contributed by atoms with Crippen LogP contribution in [-0.2, 0) is 0 Å². The standard InChI is InChI=1S/C15H16ClNO2/c1-3-17(4-2)15(18)13-9-10-19-14(13)11-5-7-12(16)8-6-11/h5-10H,3-4H2,1-2H3. The first-order chi connectivity index (χ1) is 9.17. The van der Waals surface area contributed by atoms with Crippen molar-refractivity contribution in [3.05, 3.63) is 47.2 Å². The van der Waals surface area contributed by atoms with Crippen molar-refractivity contribution in [2.75, 3.05) is 13.1 Å². The van der Waals surface area contributed by atoms with Gasteiger partial charge in [0.1, 0.15) is 5.76 Å². The molecule has 0 N–H and O–H groups in total. The SMILES string of the molecule is CCN(CC)C(=O)c1ccoc1-c1ccc(Cl)cc1. The third-order valence-corrected chi connectivity index (χ3v) is 3.30. The van der Waals surface area contributed by atoms with Gasteiger partial charge < -0.3 is 9.32 Å². The second-order valence-electron chi connectivity index (χ2n) is 4.15. The Kier molecular flexibility index (Phi) is 4.27. The molecule has 100 valence electrons. The second-order valence-corrected chi connectivity index (χ2v) is 4.58. The zero-order chi connectivity index (χ0) is 13.8. The molecule has 0 saturated carbocycles. The van der Waals surface area contributed by atoms with Gasteiger partial charge in [0.2, 0.25) is 0 Å². The number of benzene rings is 1. The van der Waals surface area contributed by atoms with Crippen LogP contribution in [0.2, 0.25) is 5.02 Å². The zero-order valence-electron chi connectivity index (χ0n) is 11.0. The molecule has 0 atom stereocenters. The second kappa shape index (κ2) is 5.93. The molecule has 0 aliphatic carbocycles. The molecule has 0 fully saturated rings. The van der Waals surface area contributed by atoms with Crippen LogP contribution in [0.3, 0.4) is 0 Å². The van der Waals surface area contributed by atoms with Crippen molar-refractivity contribution in [1.29, 1.82) is 0 Å². The van der Waals surface area contributed by atoms with Gasteiger partial charge in [-0.05, 0) is 44.2 Å². The van der Waals surface area contributed by atoms with Crippen LogP contribution in [0.1, 0.15) is 24.2 Å². The number of hydrogen-bond acceptors (Lipinski definition) is 2. The predicted molar refractivity (Wildman–Crippen MR) is 76.4 cm³/mol. The lowest BCUT2D eigenvalue weighted by molar-refractivity contribution is 0.0773. The molecule has 0 radical (unpaired) electrons. The molecule has 0 unspecified atom stereocenters. The van der Waals surface area contributed by atoms with Crippen molar-refractivity contribution in [3.8, 4) is 11.3 Å². The van der Waals surface area contributed by atoms with Crippen LogP contribution >= 0.6 is 11.6 Å². The zero-order valence-corrected chi connectivity index (χ0v) is 11.8. The van der Waals surface area contributed by atoms with Crippen molar-refractivity contribution < 1.29 is 9.21 Å². The number of furan rings is 1. The lowest BCUT2D eigenvalue weighted by Gasteiger charge is -2.18. The van der Waals surface area contributed by atoms with Gasteiger partial charge >= 0.3 is 0 Å². The van der Waals surface area contributed by atoms with E-state index in [4.69, 9.17) is 16.0 Å². The highest BCUT2D eigenvalue weighted by atomic mass is 35.5. The highest BCUT2D eigenvalue weighted by Gasteiger charge is 2.19. The first-order valence-electron chi connectivity index (χ1n) is 6.30. The fourth-order valence-electron chi connectivity index (χ4n) is 1.98. The van der Waals surface area contributed by atoms with E-state index in [-0.39, 0.29) is 5.91 Å². The van der Waals surface area contributed by atoms with Crippen LogP contribution in [0.15, 0.2) is 41.0 Å². The fourth-order valence-corrected chi connectivity index (χ4v) is 2.11. The van der Waals surface area contributed by atoms with E-state index in [2.05, 4.69) is 0 Å². The van der Waals surface area contributed by atoms with E-state index >= 15 is 0 Å². The van der Waals surface area contributed by atoms with Crippen molar-refractivity contribution in [2.45, 2.75) is 13.8 Å². The largest absolute Gasteiger partial charge is 0.464 e. The van der Waals surface area contributed by atoms with Gasteiger partial charge in [-0.15, -0.1) is 0 Å². The first-order valence-corrected chi connectivity index (χ1v) is 6.67. The minimum atomic E-state index is -0.0105. The molecule has 1 heterocycles. The summed E-state index contributed by atoms with van der Waals surface area (Å²) in [4.78, 5) is 14.1. The van der Waals surface area contributed by atoms with E-state index < -0.39 is 0 Å².